The molecule has 4 nitrogen and oxygen atoms in total. The summed E-state index contributed by atoms with van der Waals surface area (Å²) < 4.78 is 33.2. The van der Waals surface area contributed by atoms with E-state index in [0.29, 0.717) is 11.4 Å². The molecule has 118 valence electrons. The van der Waals surface area contributed by atoms with Gasteiger partial charge >= 0.3 is 0 Å². The van der Waals surface area contributed by atoms with Gasteiger partial charge in [-0.15, -0.1) is 0 Å². The first-order valence-electron chi connectivity index (χ1n) is 7.54. The molecule has 1 aromatic carbocycles. The summed E-state index contributed by atoms with van der Waals surface area (Å²) in [5.41, 5.74) is 2.91. The molecule has 0 unspecified atom stereocenters. The second-order valence-electron chi connectivity index (χ2n) is 5.99. The Morgan fingerprint density at radius 2 is 1.86 bits per heavy atom. The largest absolute Gasteiger partial charge is 0.468 e. The molecule has 1 fully saturated rings. The predicted octanol–water partition coefficient (Wildman–Crippen LogP) is 3.73. The van der Waals surface area contributed by atoms with Gasteiger partial charge in [-0.2, -0.15) is 4.31 Å². The van der Waals surface area contributed by atoms with Crippen molar-refractivity contribution in [3.63, 3.8) is 0 Å². The van der Waals surface area contributed by atoms with Gasteiger partial charge in [0.15, 0.2) is 0 Å². The van der Waals surface area contributed by atoms with Gasteiger partial charge in [0.2, 0.25) is 10.0 Å². The molecule has 1 aromatic heterocycles. The Hall–Kier alpha value is -1.59. The molecule has 0 aliphatic carbocycles. The van der Waals surface area contributed by atoms with Crippen molar-refractivity contribution in [3.05, 3.63) is 53.0 Å². The zero-order valence-corrected chi connectivity index (χ0v) is 14.0. The molecule has 5 heteroatoms. The van der Waals surface area contributed by atoms with Crippen LogP contribution >= 0.6 is 0 Å². The van der Waals surface area contributed by atoms with Crippen molar-refractivity contribution >= 4 is 10.0 Å². The van der Waals surface area contributed by atoms with Crippen LogP contribution in [0.2, 0.25) is 0 Å². The van der Waals surface area contributed by atoms with E-state index in [4.69, 9.17) is 4.42 Å². The van der Waals surface area contributed by atoms with Crippen molar-refractivity contribution in [3.8, 4) is 0 Å². The molecule has 0 radical (unpaired) electrons. The molecule has 1 atom stereocenters. The molecule has 1 saturated heterocycles. The standard InChI is InChI=1S/C17H21NO3S/c1-12-10-14(3)17(11-13(12)2)22(19,20)18-8-4-6-15(18)16-7-5-9-21-16/h5,7,9-11,15H,4,6,8H2,1-3H3/t15-/m0/s1. The van der Waals surface area contributed by atoms with Gasteiger partial charge < -0.3 is 4.42 Å². The summed E-state index contributed by atoms with van der Waals surface area (Å²) in [5, 5.41) is 0. The maximum absolute atomic E-state index is 13.1. The normalized spacial score (nSPS) is 19.7. The second-order valence-corrected chi connectivity index (χ2v) is 7.85. The first kappa shape index (κ1) is 15.3. The van der Waals surface area contributed by atoms with E-state index in [9.17, 15) is 8.42 Å². The van der Waals surface area contributed by atoms with E-state index in [1.165, 1.54) is 0 Å². The van der Waals surface area contributed by atoms with Gasteiger partial charge in [0.25, 0.3) is 0 Å². The number of sulfonamides is 1. The number of rotatable bonds is 3. The summed E-state index contributed by atoms with van der Waals surface area (Å²) >= 11 is 0. The van der Waals surface area contributed by atoms with Crippen molar-refractivity contribution in [1.82, 2.24) is 4.31 Å². The zero-order valence-electron chi connectivity index (χ0n) is 13.2. The third-order valence-corrected chi connectivity index (χ3v) is 6.50. The van der Waals surface area contributed by atoms with E-state index < -0.39 is 10.0 Å². The third-order valence-electron chi connectivity index (χ3n) is 4.45. The lowest BCUT2D eigenvalue weighted by molar-refractivity contribution is 0.339. The van der Waals surface area contributed by atoms with E-state index in [0.717, 1.165) is 35.3 Å². The van der Waals surface area contributed by atoms with Gasteiger partial charge in [-0.05, 0) is 68.5 Å². The second kappa shape index (κ2) is 5.56. The molecule has 3 rings (SSSR count). The zero-order chi connectivity index (χ0) is 15.9. The lowest BCUT2D eigenvalue weighted by atomic mass is 10.1. The third kappa shape index (κ3) is 2.48. The molecule has 2 heterocycles. The summed E-state index contributed by atoms with van der Waals surface area (Å²) in [6, 6.07) is 7.20. The van der Waals surface area contributed by atoms with E-state index >= 15 is 0 Å². The van der Waals surface area contributed by atoms with Crippen LogP contribution in [0.4, 0.5) is 0 Å². The van der Waals surface area contributed by atoms with Crippen LogP contribution in [0, 0.1) is 20.8 Å². The Balaban J connectivity index is 2.04. The van der Waals surface area contributed by atoms with Gasteiger partial charge in [0.05, 0.1) is 17.2 Å². The van der Waals surface area contributed by atoms with Gasteiger partial charge in [0.1, 0.15) is 5.76 Å². The van der Waals surface area contributed by atoms with Gasteiger partial charge in [-0.1, -0.05) is 6.07 Å². The van der Waals surface area contributed by atoms with Crippen molar-refractivity contribution in [1.29, 1.82) is 0 Å². The summed E-state index contributed by atoms with van der Waals surface area (Å²) in [6.45, 7) is 6.35. The average molecular weight is 319 g/mol. The van der Waals surface area contributed by atoms with Crippen molar-refractivity contribution in [2.45, 2.75) is 44.6 Å². The van der Waals surface area contributed by atoms with Crippen LogP contribution in [0.3, 0.4) is 0 Å². The van der Waals surface area contributed by atoms with Crippen LogP contribution in [0.1, 0.15) is 41.3 Å². The van der Waals surface area contributed by atoms with Crippen LogP contribution in [-0.2, 0) is 10.0 Å². The summed E-state index contributed by atoms with van der Waals surface area (Å²) in [7, 11) is -3.51. The first-order valence-corrected chi connectivity index (χ1v) is 8.98. The maximum Gasteiger partial charge on any atom is 0.244 e. The maximum atomic E-state index is 13.1. The van der Waals surface area contributed by atoms with Crippen molar-refractivity contribution in [2.24, 2.45) is 0 Å². The highest BCUT2D eigenvalue weighted by Gasteiger charge is 2.38. The van der Waals surface area contributed by atoms with Crippen LogP contribution in [0.5, 0.6) is 0 Å². The van der Waals surface area contributed by atoms with E-state index in [1.807, 2.05) is 32.9 Å². The minimum absolute atomic E-state index is 0.194. The fraction of sp³-hybridized carbons (Fsp3) is 0.412. The molecule has 0 bridgehead atoms. The fourth-order valence-electron chi connectivity index (χ4n) is 3.13. The predicted molar refractivity (Wildman–Crippen MR) is 85.2 cm³/mol. The summed E-state index contributed by atoms with van der Waals surface area (Å²) in [4.78, 5) is 0.411. The van der Waals surface area contributed by atoms with Gasteiger partial charge in [-0.25, -0.2) is 8.42 Å². The molecule has 0 spiro atoms. The Labute approximate surface area is 131 Å². The minimum atomic E-state index is -3.51. The molecular formula is C17H21NO3S. The number of aryl methyl sites for hydroxylation is 3. The SMILES string of the molecule is Cc1cc(C)c(S(=O)(=O)N2CCC[C@H]2c2ccco2)cc1C. The lowest BCUT2D eigenvalue weighted by Gasteiger charge is -2.24. The monoisotopic (exact) mass is 319 g/mol. The highest BCUT2D eigenvalue weighted by atomic mass is 32.2. The molecule has 1 aliphatic rings. The quantitative estimate of drug-likeness (QED) is 0.866. The minimum Gasteiger partial charge on any atom is -0.468 e. The Morgan fingerprint density at radius 3 is 2.55 bits per heavy atom. The van der Waals surface area contributed by atoms with Crippen LogP contribution < -0.4 is 0 Å². The van der Waals surface area contributed by atoms with Crippen LogP contribution in [0.25, 0.3) is 0 Å². The molecule has 1 aliphatic heterocycles. The van der Waals surface area contributed by atoms with E-state index in [2.05, 4.69) is 0 Å². The molecule has 0 amide bonds. The smallest absolute Gasteiger partial charge is 0.244 e. The number of nitrogens with zero attached hydrogens (tertiary/aromatic N) is 1. The average Bonchev–Trinajstić information content (AvgIpc) is 3.11. The van der Waals surface area contributed by atoms with Crippen LogP contribution in [-0.4, -0.2) is 19.3 Å². The number of benzene rings is 1. The summed E-state index contributed by atoms with van der Waals surface area (Å²) in [5.74, 6) is 0.725. The molecule has 2 aromatic rings. The van der Waals surface area contributed by atoms with Crippen molar-refractivity contribution < 1.29 is 12.8 Å². The molecule has 0 saturated carbocycles. The highest BCUT2D eigenvalue weighted by Crippen LogP contribution is 2.37. The number of furan rings is 1. The fourth-order valence-corrected chi connectivity index (χ4v) is 5.09. The Bertz CT molecular complexity index is 778. The first-order chi connectivity index (χ1) is 10.4. The van der Waals surface area contributed by atoms with E-state index in [-0.39, 0.29) is 6.04 Å². The van der Waals surface area contributed by atoms with Crippen molar-refractivity contribution in [2.75, 3.05) is 6.54 Å². The molecular weight excluding hydrogens is 298 g/mol. The molecule has 22 heavy (non-hydrogen) atoms. The summed E-state index contributed by atoms with van der Waals surface area (Å²) in [6.07, 6.45) is 3.25. The topological polar surface area (TPSA) is 50.5 Å². The van der Waals surface area contributed by atoms with Gasteiger partial charge in [-0.3, -0.25) is 0 Å². The molecule has 0 N–H and O–H groups in total. The number of hydrogen-bond donors (Lipinski definition) is 0. The Morgan fingerprint density at radius 1 is 1.14 bits per heavy atom. The van der Waals surface area contributed by atoms with Crippen LogP contribution in [0.15, 0.2) is 39.8 Å². The Kier molecular flexibility index (Phi) is 3.87. The van der Waals surface area contributed by atoms with Gasteiger partial charge in [0, 0.05) is 6.54 Å². The highest BCUT2D eigenvalue weighted by molar-refractivity contribution is 7.89. The van der Waals surface area contributed by atoms with E-state index in [1.54, 1.807) is 22.7 Å². The number of hydrogen-bond acceptors (Lipinski definition) is 3. The lowest BCUT2D eigenvalue weighted by Crippen LogP contribution is -2.31.